The molecule has 1 amide bonds. The van der Waals surface area contributed by atoms with Crippen LogP contribution in [0.3, 0.4) is 0 Å². The molecule has 5 rings (SSSR count). The smallest absolute Gasteiger partial charge is 0.291 e. The van der Waals surface area contributed by atoms with Gasteiger partial charge < -0.3 is 5.32 Å². The average molecular weight is 408 g/mol. The topological polar surface area (TPSA) is 72.7 Å². The van der Waals surface area contributed by atoms with Crippen LogP contribution in [-0.2, 0) is 0 Å². The Bertz CT molecular complexity index is 1070. The van der Waals surface area contributed by atoms with E-state index >= 15 is 0 Å². The van der Waals surface area contributed by atoms with Crippen molar-refractivity contribution in [3.63, 3.8) is 0 Å². The van der Waals surface area contributed by atoms with Gasteiger partial charge >= 0.3 is 0 Å². The normalized spacial score (nSPS) is 14.7. The summed E-state index contributed by atoms with van der Waals surface area (Å²) < 4.78 is 1.73. The van der Waals surface area contributed by atoms with Crippen LogP contribution >= 0.6 is 22.7 Å². The summed E-state index contributed by atoms with van der Waals surface area (Å²) in [6.07, 6.45) is 3.99. The Morgan fingerprint density at radius 3 is 2.64 bits per heavy atom. The van der Waals surface area contributed by atoms with Crippen LogP contribution in [0, 0.1) is 5.92 Å². The van der Waals surface area contributed by atoms with E-state index in [9.17, 15) is 4.79 Å². The summed E-state index contributed by atoms with van der Waals surface area (Å²) >= 11 is 3.14. The van der Waals surface area contributed by atoms with Crippen molar-refractivity contribution in [3.05, 3.63) is 70.3 Å². The highest BCUT2D eigenvalue weighted by molar-refractivity contribution is 7.13. The van der Waals surface area contributed by atoms with Crippen LogP contribution in [0.25, 0.3) is 16.4 Å². The lowest BCUT2D eigenvalue weighted by atomic mass is 10.2. The molecule has 1 fully saturated rings. The van der Waals surface area contributed by atoms with Gasteiger partial charge in [0.1, 0.15) is 5.01 Å². The van der Waals surface area contributed by atoms with E-state index in [2.05, 4.69) is 20.4 Å². The predicted octanol–water partition coefficient (Wildman–Crippen LogP) is 4.33. The Morgan fingerprint density at radius 2 is 1.96 bits per heavy atom. The molecular formula is C20H17N5OS2. The highest BCUT2D eigenvalue weighted by Crippen LogP contribution is 2.41. The van der Waals surface area contributed by atoms with Gasteiger partial charge in [-0.25, -0.2) is 14.6 Å². The Balaban J connectivity index is 1.49. The van der Waals surface area contributed by atoms with Crippen LogP contribution in [-0.4, -0.2) is 25.7 Å². The van der Waals surface area contributed by atoms with Crippen LogP contribution in [0.2, 0.25) is 0 Å². The first-order valence-electron chi connectivity index (χ1n) is 9.06. The maximum atomic E-state index is 13.0. The molecule has 1 aliphatic carbocycles. The molecule has 0 bridgehead atoms. The molecule has 0 unspecified atom stereocenters. The molecule has 0 saturated heterocycles. The molecule has 4 aromatic rings. The molecule has 6 nitrogen and oxygen atoms in total. The molecule has 140 valence electrons. The number of thiophene rings is 1. The first-order valence-corrected chi connectivity index (χ1v) is 10.8. The maximum Gasteiger partial charge on any atom is 0.291 e. The van der Waals surface area contributed by atoms with Gasteiger partial charge in [0, 0.05) is 11.6 Å². The molecule has 1 atom stereocenters. The molecule has 0 radical (unpaired) electrons. The van der Waals surface area contributed by atoms with Crippen LogP contribution in [0.1, 0.15) is 34.5 Å². The molecule has 1 aliphatic rings. The summed E-state index contributed by atoms with van der Waals surface area (Å²) in [4.78, 5) is 22.9. The molecule has 28 heavy (non-hydrogen) atoms. The molecular weight excluding hydrogens is 390 g/mol. The molecule has 1 saturated carbocycles. The van der Waals surface area contributed by atoms with Crippen molar-refractivity contribution in [1.29, 1.82) is 0 Å². The fourth-order valence-electron chi connectivity index (χ4n) is 3.13. The second-order valence-corrected chi connectivity index (χ2v) is 8.52. The summed E-state index contributed by atoms with van der Waals surface area (Å²) in [5.74, 6) is 1.03. The van der Waals surface area contributed by atoms with E-state index in [4.69, 9.17) is 0 Å². The van der Waals surface area contributed by atoms with Crippen molar-refractivity contribution in [2.45, 2.75) is 18.9 Å². The van der Waals surface area contributed by atoms with Gasteiger partial charge in [0.25, 0.3) is 5.91 Å². The van der Waals surface area contributed by atoms with Crippen molar-refractivity contribution < 1.29 is 4.79 Å². The molecule has 3 aromatic heterocycles. The van der Waals surface area contributed by atoms with Crippen molar-refractivity contribution in [1.82, 2.24) is 25.1 Å². The van der Waals surface area contributed by atoms with Crippen molar-refractivity contribution in [2.75, 3.05) is 0 Å². The van der Waals surface area contributed by atoms with Gasteiger partial charge in [0.2, 0.25) is 5.82 Å². The summed E-state index contributed by atoms with van der Waals surface area (Å²) in [5.41, 5.74) is 0.871. The van der Waals surface area contributed by atoms with Gasteiger partial charge in [0.05, 0.1) is 16.6 Å². The molecule has 8 heteroatoms. The van der Waals surface area contributed by atoms with Gasteiger partial charge in [-0.2, -0.15) is 0 Å². The minimum atomic E-state index is -0.264. The number of benzene rings is 1. The van der Waals surface area contributed by atoms with Crippen LogP contribution in [0.4, 0.5) is 0 Å². The van der Waals surface area contributed by atoms with E-state index in [0.717, 1.165) is 28.4 Å². The Labute approximate surface area is 169 Å². The number of hydrogen-bond acceptors (Lipinski definition) is 6. The Kier molecular flexibility index (Phi) is 4.50. The lowest BCUT2D eigenvalue weighted by Gasteiger charge is -2.14. The van der Waals surface area contributed by atoms with E-state index < -0.39 is 0 Å². The number of thiazole rings is 1. The van der Waals surface area contributed by atoms with Gasteiger partial charge in [-0.05, 0) is 42.3 Å². The van der Waals surface area contributed by atoms with Gasteiger partial charge in [-0.15, -0.1) is 27.8 Å². The summed E-state index contributed by atoms with van der Waals surface area (Å²) in [6, 6.07) is 13.6. The fraction of sp³-hybridized carbons (Fsp3) is 0.200. The number of para-hydroxylation sites is 1. The Morgan fingerprint density at radius 1 is 1.11 bits per heavy atom. The minimum Gasteiger partial charge on any atom is -0.340 e. The SMILES string of the molecule is O=C(N[C@H](c1nccs1)C1CC1)c1nc(-c2cccs2)n(-c2ccccc2)n1. The standard InChI is InChI=1S/C20H17N5OS2/c26-19(22-16(13-8-9-13)20-21-10-12-28-20)17-23-18(15-7-4-11-27-15)25(24-17)14-5-2-1-3-6-14/h1-7,10-13,16H,8-9H2,(H,22,26)/t16-/m0/s1. The molecule has 1 N–H and O–H groups in total. The number of hydrogen-bond donors (Lipinski definition) is 1. The van der Waals surface area contributed by atoms with Crippen LogP contribution in [0.5, 0.6) is 0 Å². The lowest BCUT2D eigenvalue weighted by molar-refractivity contribution is 0.0921. The van der Waals surface area contributed by atoms with E-state index in [1.54, 1.807) is 33.6 Å². The zero-order valence-corrected chi connectivity index (χ0v) is 16.5. The van der Waals surface area contributed by atoms with Crippen molar-refractivity contribution in [3.8, 4) is 16.4 Å². The van der Waals surface area contributed by atoms with Crippen molar-refractivity contribution in [2.24, 2.45) is 5.92 Å². The molecule has 3 heterocycles. The second kappa shape index (κ2) is 7.29. The van der Waals surface area contributed by atoms with Crippen molar-refractivity contribution >= 4 is 28.6 Å². The predicted molar refractivity (Wildman–Crippen MR) is 110 cm³/mol. The highest BCUT2D eigenvalue weighted by atomic mass is 32.1. The largest absolute Gasteiger partial charge is 0.340 e. The first kappa shape index (κ1) is 17.3. The molecule has 1 aromatic carbocycles. The third-order valence-corrected chi connectivity index (χ3v) is 6.37. The number of aromatic nitrogens is 4. The number of nitrogens with one attached hydrogen (secondary N) is 1. The van der Waals surface area contributed by atoms with Crippen LogP contribution < -0.4 is 5.32 Å². The van der Waals surface area contributed by atoms with Gasteiger partial charge in [0.15, 0.2) is 5.82 Å². The number of carbonyl (C=O) groups excluding carboxylic acids is 1. The quantitative estimate of drug-likeness (QED) is 0.516. The average Bonchev–Trinajstić information content (AvgIpc) is 3.14. The number of amides is 1. The number of rotatable bonds is 6. The summed E-state index contributed by atoms with van der Waals surface area (Å²) in [7, 11) is 0. The van der Waals surface area contributed by atoms with Gasteiger partial charge in [-0.1, -0.05) is 24.3 Å². The third kappa shape index (κ3) is 3.36. The monoisotopic (exact) mass is 407 g/mol. The fourth-order valence-corrected chi connectivity index (χ4v) is 4.61. The van der Waals surface area contributed by atoms with E-state index in [0.29, 0.717) is 11.7 Å². The van der Waals surface area contributed by atoms with Crippen LogP contribution in [0.15, 0.2) is 59.4 Å². The second-order valence-electron chi connectivity index (χ2n) is 6.64. The van der Waals surface area contributed by atoms with Gasteiger partial charge in [-0.3, -0.25) is 4.79 Å². The van der Waals surface area contributed by atoms with E-state index in [-0.39, 0.29) is 17.8 Å². The summed E-state index contributed by atoms with van der Waals surface area (Å²) in [6.45, 7) is 0. The molecule has 0 aliphatic heterocycles. The number of nitrogens with zero attached hydrogens (tertiary/aromatic N) is 4. The third-order valence-electron chi connectivity index (χ3n) is 4.65. The van der Waals surface area contributed by atoms with E-state index in [1.165, 1.54) is 0 Å². The van der Waals surface area contributed by atoms with E-state index in [1.807, 2.05) is 53.2 Å². The first-order chi connectivity index (χ1) is 13.8. The summed E-state index contributed by atoms with van der Waals surface area (Å²) in [5, 5.41) is 12.5. The maximum absolute atomic E-state index is 13.0. The highest BCUT2D eigenvalue weighted by Gasteiger charge is 2.36. The minimum absolute atomic E-state index is 0.0682. The zero-order valence-electron chi connectivity index (χ0n) is 14.9. The zero-order chi connectivity index (χ0) is 18.9. The number of carbonyl (C=O) groups is 1. The molecule has 0 spiro atoms. The lowest BCUT2D eigenvalue weighted by Crippen LogP contribution is -2.30. The Hall–Kier alpha value is -2.84.